The fraction of sp³-hybridized carbons (Fsp3) is 0.214. The van der Waals surface area contributed by atoms with Gasteiger partial charge in [-0.2, -0.15) is 10.2 Å². The number of ether oxygens (including phenoxy) is 2. The van der Waals surface area contributed by atoms with Crippen molar-refractivity contribution < 1.29 is 33.8 Å². The number of carbonyl (C=O) groups is 4. The molecule has 0 saturated carbocycles. The van der Waals surface area contributed by atoms with Gasteiger partial charge in [0.1, 0.15) is 47.4 Å². The molecule has 2 aliphatic rings. The van der Waals surface area contributed by atoms with Crippen LogP contribution in [-0.2, 0) is 9.59 Å². The van der Waals surface area contributed by atoms with Crippen molar-refractivity contribution in [2.24, 2.45) is 0 Å². The van der Waals surface area contributed by atoms with Crippen LogP contribution in [0.3, 0.4) is 0 Å². The number of carboxylic acid groups (broad SMARTS) is 1. The number of hydrogen-bond donors (Lipinski definition) is 4. The SMILES string of the molecule is COc1cnc(-n2cnc(C)n2)c2[nH]cc(C(=O)C(=O)N3CCN(c4ncccc4-c4ccccc4)CC3)c12.COc1cnc(-n2cnc(C)n2)c2[nH]cc(C(=O)C(=O)O)c12.c1ccc(-c2cccnc2N2CCNCC2)cc1. The number of nitrogens with one attached hydrogen (secondary N) is 3. The molecule has 0 bridgehead atoms. The number of pyridine rings is 4. The number of carboxylic acids is 1. The van der Waals surface area contributed by atoms with Crippen LogP contribution in [0.1, 0.15) is 32.4 Å². The first-order valence-electron chi connectivity index (χ1n) is 25.2. The molecular weight excluding hydrogens is 1010 g/mol. The van der Waals surface area contributed by atoms with E-state index in [-0.39, 0.29) is 11.1 Å². The van der Waals surface area contributed by atoms with Crippen LogP contribution >= 0.6 is 0 Å². The first kappa shape index (κ1) is 52.3. The third kappa shape index (κ3) is 11.0. The number of nitrogens with zero attached hydrogens (tertiary/aromatic N) is 13. The second-order valence-corrected chi connectivity index (χ2v) is 18.1. The Kier molecular flexibility index (Phi) is 15.5. The minimum atomic E-state index is -1.54. The molecule has 2 aliphatic heterocycles. The summed E-state index contributed by atoms with van der Waals surface area (Å²) in [4.78, 5) is 87.7. The van der Waals surface area contributed by atoms with Crippen LogP contribution in [-0.4, -0.2) is 159 Å². The Labute approximate surface area is 451 Å². The molecule has 79 heavy (non-hydrogen) atoms. The monoisotopic (exact) mass is 1060 g/mol. The number of ketones is 2. The van der Waals surface area contributed by atoms with Crippen LogP contribution in [0.15, 0.2) is 135 Å². The van der Waals surface area contributed by atoms with Gasteiger partial charge < -0.3 is 44.6 Å². The summed E-state index contributed by atoms with van der Waals surface area (Å²) in [7, 11) is 2.91. The van der Waals surface area contributed by atoms with E-state index >= 15 is 0 Å². The Balaban J connectivity index is 0.000000148. The number of aromatic amines is 2. The summed E-state index contributed by atoms with van der Waals surface area (Å²) in [6.45, 7) is 9.55. The van der Waals surface area contributed by atoms with E-state index in [1.807, 2.05) is 48.7 Å². The molecule has 0 spiro atoms. The van der Waals surface area contributed by atoms with Gasteiger partial charge in [-0.25, -0.2) is 44.1 Å². The number of benzene rings is 2. The summed E-state index contributed by atoms with van der Waals surface area (Å²) in [5.41, 5.74) is 5.77. The third-order valence-electron chi connectivity index (χ3n) is 13.3. The fourth-order valence-corrected chi connectivity index (χ4v) is 9.48. The standard InChI is InChI=1S/C28H26N8O3.C15H17N3.C13H11N5O4/c1-18-32-17-36(33-18)27-24-23(22(39-2)16-31-27)21(15-30-24)25(37)28(38)35-13-11-34(12-14-35)26-20(9-6-10-29-26)19-7-4-3-5-8-19;1-2-5-13(6-3-1)14-7-4-8-17-15(14)18-11-9-16-10-12-18;1-6-16-5-18(17-6)12-10-9(8(22-2)4-15-12)7(3-14-10)11(19)13(20)21/h3-10,15-17,30H,11-14H2,1-2H3;1-8,16H,9-12H2;3-5,14H,1-2H3,(H,20,21). The predicted molar refractivity (Wildman–Crippen MR) is 294 cm³/mol. The predicted octanol–water partition coefficient (Wildman–Crippen LogP) is 5.94. The Hall–Kier alpha value is -10.2. The van der Waals surface area contributed by atoms with Gasteiger partial charge in [-0.15, -0.1) is 0 Å². The molecule has 400 valence electrons. The van der Waals surface area contributed by atoms with Gasteiger partial charge in [0, 0.05) is 88.3 Å². The first-order chi connectivity index (χ1) is 38.5. The van der Waals surface area contributed by atoms with Gasteiger partial charge in [0.2, 0.25) is 0 Å². The molecule has 0 aliphatic carbocycles. The van der Waals surface area contributed by atoms with E-state index in [0.717, 1.165) is 48.9 Å². The van der Waals surface area contributed by atoms with Crippen molar-refractivity contribution >= 4 is 56.9 Å². The molecule has 2 aromatic carbocycles. The van der Waals surface area contributed by atoms with Crippen molar-refractivity contribution in [2.45, 2.75) is 13.8 Å². The van der Waals surface area contributed by atoms with Crippen molar-refractivity contribution in [3.8, 4) is 45.4 Å². The number of aliphatic carboxylic acids is 1. The Morgan fingerprint density at radius 3 is 1.42 bits per heavy atom. The van der Waals surface area contributed by atoms with Crippen molar-refractivity contribution in [3.05, 3.63) is 158 Å². The Morgan fingerprint density at radius 2 is 0.987 bits per heavy atom. The molecule has 10 aromatic rings. The highest BCUT2D eigenvalue weighted by Gasteiger charge is 2.31. The van der Waals surface area contributed by atoms with E-state index in [4.69, 9.17) is 14.6 Å². The number of H-pyrrole nitrogens is 2. The molecule has 0 radical (unpaired) electrons. The molecule has 0 unspecified atom stereocenters. The fourth-order valence-electron chi connectivity index (χ4n) is 9.48. The van der Waals surface area contributed by atoms with E-state index in [1.54, 1.807) is 31.3 Å². The van der Waals surface area contributed by atoms with Crippen LogP contribution < -0.4 is 24.6 Å². The van der Waals surface area contributed by atoms with Gasteiger partial charge in [-0.1, -0.05) is 60.7 Å². The number of carbonyl (C=O) groups excluding carboxylic acids is 3. The van der Waals surface area contributed by atoms with E-state index < -0.39 is 23.4 Å². The van der Waals surface area contributed by atoms with Crippen LogP contribution in [0.25, 0.3) is 55.7 Å². The number of piperazine rings is 2. The van der Waals surface area contributed by atoms with E-state index in [2.05, 4.69) is 108 Å². The molecule has 2 fully saturated rings. The number of fused-ring (bicyclic) bond motifs is 2. The van der Waals surface area contributed by atoms with Gasteiger partial charge in [0.25, 0.3) is 17.5 Å². The molecule has 12 rings (SSSR count). The van der Waals surface area contributed by atoms with Crippen molar-refractivity contribution in [3.63, 3.8) is 0 Å². The van der Waals surface area contributed by atoms with Gasteiger partial charge >= 0.3 is 5.97 Å². The summed E-state index contributed by atoms with van der Waals surface area (Å²) in [6.07, 6.45) is 12.4. The summed E-state index contributed by atoms with van der Waals surface area (Å²) in [5.74, 6) is 0.888. The zero-order valence-corrected chi connectivity index (χ0v) is 43.6. The number of anilines is 2. The highest BCUT2D eigenvalue weighted by Crippen LogP contribution is 2.35. The molecule has 23 nitrogen and oxygen atoms in total. The minimum Gasteiger partial charge on any atom is -0.494 e. The quantitative estimate of drug-likeness (QED) is 0.0814. The number of aromatic nitrogens is 12. The molecule has 8 aromatic heterocycles. The zero-order chi connectivity index (χ0) is 55.0. The van der Waals surface area contributed by atoms with Gasteiger partial charge in [0.15, 0.2) is 11.6 Å². The Bertz CT molecular complexity index is 3800. The smallest absolute Gasteiger partial charge is 0.377 e. The van der Waals surface area contributed by atoms with Gasteiger partial charge in [0.05, 0.1) is 59.5 Å². The minimum absolute atomic E-state index is 0.000151. The van der Waals surface area contributed by atoms with E-state index in [9.17, 15) is 19.2 Å². The number of methoxy groups -OCH3 is 2. The first-order valence-corrected chi connectivity index (χ1v) is 25.2. The molecule has 1 amide bonds. The third-order valence-corrected chi connectivity index (χ3v) is 13.3. The average Bonchev–Trinajstić information content (AvgIpc) is 4.45. The van der Waals surface area contributed by atoms with Crippen LogP contribution in [0, 0.1) is 13.8 Å². The number of Topliss-reactive ketones (excluding diaryl/α,β-unsaturated/α-hetero) is 2. The maximum absolute atomic E-state index is 13.5. The zero-order valence-electron chi connectivity index (χ0n) is 43.6. The lowest BCUT2D eigenvalue weighted by molar-refractivity contribution is -0.131. The van der Waals surface area contributed by atoms with Crippen molar-refractivity contribution in [1.82, 2.24) is 69.6 Å². The van der Waals surface area contributed by atoms with Crippen molar-refractivity contribution in [1.29, 1.82) is 0 Å². The highest BCUT2D eigenvalue weighted by atomic mass is 16.5. The lowest BCUT2D eigenvalue weighted by atomic mass is 10.1. The number of hydrogen-bond acceptors (Lipinski definition) is 17. The summed E-state index contributed by atoms with van der Waals surface area (Å²) in [6, 6.07) is 28.7. The maximum atomic E-state index is 13.5. The largest absolute Gasteiger partial charge is 0.494 e. The lowest BCUT2D eigenvalue weighted by Crippen LogP contribution is -2.51. The van der Waals surface area contributed by atoms with Crippen molar-refractivity contribution in [2.75, 3.05) is 76.4 Å². The highest BCUT2D eigenvalue weighted by molar-refractivity contribution is 6.45. The summed E-state index contributed by atoms with van der Waals surface area (Å²) >= 11 is 0. The van der Waals surface area contributed by atoms with Gasteiger partial charge in [-0.3, -0.25) is 14.4 Å². The topological polar surface area (TPSA) is 273 Å². The normalized spacial score (nSPS) is 13.3. The number of amides is 1. The van der Waals surface area contributed by atoms with E-state index in [0.29, 0.717) is 82.8 Å². The van der Waals surface area contributed by atoms with Crippen LogP contribution in [0.4, 0.5) is 11.6 Å². The average molecular weight is 1060 g/mol. The number of aryl methyl sites for hydroxylation is 2. The summed E-state index contributed by atoms with van der Waals surface area (Å²) in [5, 5.41) is 21.6. The molecule has 10 heterocycles. The second-order valence-electron chi connectivity index (χ2n) is 18.1. The van der Waals surface area contributed by atoms with Gasteiger partial charge in [-0.05, 0) is 49.2 Å². The molecule has 4 N–H and O–H groups in total. The lowest BCUT2D eigenvalue weighted by Gasteiger charge is -2.35. The van der Waals surface area contributed by atoms with Crippen LogP contribution in [0.2, 0.25) is 0 Å². The molecule has 2 saturated heterocycles. The van der Waals surface area contributed by atoms with Crippen LogP contribution in [0.5, 0.6) is 11.5 Å². The Morgan fingerprint density at radius 1 is 0.532 bits per heavy atom. The molecule has 0 atom stereocenters. The summed E-state index contributed by atoms with van der Waals surface area (Å²) < 4.78 is 13.6. The molecule has 23 heteroatoms. The second kappa shape index (κ2) is 23.4. The maximum Gasteiger partial charge on any atom is 0.377 e. The number of rotatable bonds is 12. The van der Waals surface area contributed by atoms with E-state index in [1.165, 1.54) is 65.8 Å². The molecular formula is C56H54N16O7.